The molecule has 6 heteroatoms. The molecular formula is C6H8N2O3S. The number of rotatable bonds is 1. The van der Waals surface area contributed by atoms with Crippen molar-refractivity contribution in [2.75, 3.05) is 12.3 Å². The molecule has 0 aromatic carbocycles. The fourth-order valence-electron chi connectivity index (χ4n) is 1.53. The van der Waals surface area contributed by atoms with Crippen LogP contribution in [0.2, 0.25) is 0 Å². The molecular weight excluding hydrogens is 180 g/mol. The van der Waals surface area contributed by atoms with E-state index in [2.05, 4.69) is 0 Å². The number of nitrogens with zero attached hydrogens (tertiary/aromatic N) is 1. The Kier molecular flexibility index (Phi) is 1.40. The van der Waals surface area contributed by atoms with Gasteiger partial charge in [0.15, 0.2) is 0 Å². The first-order valence-corrected chi connectivity index (χ1v) is 4.58. The van der Waals surface area contributed by atoms with Gasteiger partial charge in [-0.1, -0.05) is 0 Å². The van der Waals surface area contributed by atoms with E-state index in [0.29, 0.717) is 6.54 Å². The highest BCUT2D eigenvalue weighted by Crippen LogP contribution is 2.41. The summed E-state index contributed by atoms with van der Waals surface area (Å²) in [5, 5.41) is 8.38. The first kappa shape index (κ1) is 7.88. The van der Waals surface area contributed by atoms with Crippen LogP contribution in [0.25, 0.3) is 0 Å². The Labute approximate surface area is 72.9 Å². The topological polar surface area (TPSA) is 83.6 Å². The van der Waals surface area contributed by atoms with Gasteiger partial charge in [0.05, 0.1) is 0 Å². The second kappa shape index (κ2) is 2.14. The second-order valence-electron chi connectivity index (χ2n) is 2.90. The predicted octanol–water partition coefficient (Wildman–Crippen LogP) is -1.32. The van der Waals surface area contributed by atoms with Crippen molar-refractivity contribution in [3.05, 3.63) is 0 Å². The van der Waals surface area contributed by atoms with Crippen molar-refractivity contribution in [1.29, 1.82) is 0 Å². The van der Waals surface area contributed by atoms with Crippen molar-refractivity contribution >= 4 is 23.6 Å². The first-order chi connectivity index (χ1) is 5.58. The van der Waals surface area contributed by atoms with Gasteiger partial charge in [-0.25, -0.2) is 4.79 Å². The van der Waals surface area contributed by atoms with Crippen LogP contribution in [0.5, 0.6) is 0 Å². The maximum absolute atomic E-state index is 11.2. The molecule has 2 aliphatic heterocycles. The third-order valence-corrected chi connectivity index (χ3v) is 3.61. The number of carboxylic acid groups (broad SMARTS) is 1. The monoisotopic (exact) mass is 188 g/mol. The van der Waals surface area contributed by atoms with E-state index in [1.807, 2.05) is 0 Å². The lowest BCUT2D eigenvalue weighted by atomic mass is 9.89. The van der Waals surface area contributed by atoms with Crippen molar-refractivity contribution < 1.29 is 14.7 Å². The Balaban J connectivity index is 2.29. The molecule has 2 aliphatic rings. The maximum atomic E-state index is 11.2. The van der Waals surface area contributed by atoms with E-state index in [0.717, 1.165) is 5.75 Å². The molecule has 5 nitrogen and oxygen atoms in total. The Morgan fingerprint density at radius 1 is 1.83 bits per heavy atom. The van der Waals surface area contributed by atoms with Crippen LogP contribution in [0.1, 0.15) is 0 Å². The zero-order valence-corrected chi connectivity index (χ0v) is 7.00. The summed E-state index contributed by atoms with van der Waals surface area (Å²) >= 11 is 1.43. The molecule has 66 valence electrons. The van der Waals surface area contributed by atoms with Crippen LogP contribution in [-0.4, -0.2) is 45.1 Å². The van der Waals surface area contributed by atoms with Gasteiger partial charge in [-0.05, 0) is 0 Å². The van der Waals surface area contributed by atoms with Crippen molar-refractivity contribution in [2.24, 2.45) is 5.73 Å². The zero-order chi connectivity index (χ0) is 8.93. The fourth-order valence-corrected chi connectivity index (χ4v) is 2.90. The summed E-state index contributed by atoms with van der Waals surface area (Å²) in [6, 6.07) is 0. The summed E-state index contributed by atoms with van der Waals surface area (Å²) in [6.45, 7) is 0.625. The van der Waals surface area contributed by atoms with Gasteiger partial charge in [0.1, 0.15) is 5.37 Å². The highest BCUT2D eigenvalue weighted by atomic mass is 32.2. The van der Waals surface area contributed by atoms with Gasteiger partial charge in [0, 0.05) is 12.3 Å². The number of hydrogen-bond donors (Lipinski definition) is 2. The van der Waals surface area contributed by atoms with Crippen LogP contribution in [-0.2, 0) is 9.59 Å². The molecule has 12 heavy (non-hydrogen) atoms. The number of carbonyl (C=O) groups is 2. The van der Waals surface area contributed by atoms with E-state index >= 15 is 0 Å². The quantitative estimate of drug-likeness (QED) is 0.394. The Bertz CT molecular complexity index is 270. The molecule has 2 atom stereocenters. The van der Waals surface area contributed by atoms with E-state index in [4.69, 9.17) is 10.8 Å². The number of fused-ring (bicyclic) bond motifs is 1. The number of carbonyl (C=O) groups excluding carboxylic acids is 1. The minimum atomic E-state index is -1.65. The van der Waals surface area contributed by atoms with Crippen LogP contribution >= 0.6 is 11.8 Å². The van der Waals surface area contributed by atoms with E-state index in [9.17, 15) is 9.59 Å². The minimum Gasteiger partial charge on any atom is -0.479 e. The molecule has 2 rings (SSSR count). The summed E-state index contributed by atoms with van der Waals surface area (Å²) in [7, 11) is 0. The molecule has 0 spiro atoms. The average Bonchev–Trinajstić information content (AvgIpc) is 2.47. The lowest BCUT2D eigenvalue weighted by Gasteiger charge is -2.46. The third-order valence-electron chi connectivity index (χ3n) is 2.25. The number of nitrogens with two attached hydrogens (primary N) is 1. The van der Waals surface area contributed by atoms with E-state index in [-0.39, 0.29) is 5.37 Å². The van der Waals surface area contributed by atoms with Crippen molar-refractivity contribution in [1.82, 2.24) is 4.90 Å². The average molecular weight is 188 g/mol. The van der Waals surface area contributed by atoms with Gasteiger partial charge in [0.25, 0.3) is 5.91 Å². The molecule has 0 aromatic rings. The van der Waals surface area contributed by atoms with Gasteiger partial charge >= 0.3 is 5.97 Å². The first-order valence-electron chi connectivity index (χ1n) is 3.53. The molecule has 0 radical (unpaired) electrons. The predicted molar refractivity (Wildman–Crippen MR) is 42.5 cm³/mol. The van der Waals surface area contributed by atoms with E-state index in [1.165, 1.54) is 16.7 Å². The molecule has 2 heterocycles. The number of thioether (sulfide) groups is 1. The van der Waals surface area contributed by atoms with Crippen LogP contribution in [0, 0.1) is 0 Å². The Morgan fingerprint density at radius 2 is 2.50 bits per heavy atom. The molecule has 1 amide bonds. The molecule has 0 aliphatic carbocycles. The molecule has 1 unspecified atom stereocenters. The maximum Gasteiger partial charge on any atom is 0.336 e. The lowest BCUT2D eigenvalue weighted by molar-refractivity contribution is -0.166. The Hall–Kier alpha value is -0.750. The smallest absolute Gasteiger partial charge is 0.336 e. The van der Waals surface area contributed by atoms with Crippen LogP contribution in [0.15, 0.2) is 0 Å². The van der Waals surface area contributed by atoms with Crippen molar-refractivity contribution in [2.45, 2.75) is 10.9 Å². The van der Waals surface area contributed by atoms with E-state index < -0.39 is 17.4 Å². The van der Waals surface area contributed by atoms with Gasteiger partial charge in [-0.2, -0.15) is 0 Å². The molecule has 3 N–H and O–H groups in total. The summed E-state index contributed by atoms with van der Waals surface area (Å²) in [5.74, 6) is -0.893. The number of β-lactam (4-membered cyclic amide) rings is 1. The van der Waals surface area contributed by atoms with Crippen LogP contribution in [0.4, 0.5) is 0 Å². The molecule has 0 bridgehead atoms. The fraction of sp³-hybridized carbons (Fsp3) is 0.667. The lowest BCUT2D eigenvalue weighted by Crippen LogP contribution is -2.78. The minimum absolute atomic E-state index is 0.345. The van der Waals surface area contributed by atoms with E-state index in [1.54, 1.807) is 0 Å². The highest BCUT2D eigenvalue weighted by molar-refractivity contribution is 8.00. The largest absolute Gasteiger partial charge is 0.479 e. The number of amides is 1. The standard InChI is InChI=1S/C6H8N2O3S/c7-6(5(10)11)3(9)8-1-2-12-4(6)8/h4H,1-2,7H2,(H,10,11)/t4-,6?/m0/s1. The van der Waals surface area contributed by atoms with Gasteiger partial charge < -0.3 is 15.7 Å². The number of carboxylic acids is 1. The third kappa shape index (κ3) is 0.645. The van der Waals surface area contributed by atoms with Gasteiger partial charge in [-0.15, -0.1) is 11.8 Å². The van der Waals surface area contributed by atoms with Crippen molar-refractivity contribution in [3.8, 4) is 0 Å². The van der Waals surface area contributed by atoms with Crippen LogP contribution in [0.3, 0.4) is 0 Å². The van der Waals surface area contributed by atoms with Crippen LogP contribution < -0.4 is 5.73 Å². The van der Waals surface area contributed by atoms with Gasteiger partial charge in [-0.3, -0.25) is 4.79 Å². The molecule has 2 fully saturated rings. The molecule has 0 aromatic heterocycles. The highest BCUT2D eigenvalue weighted by Gasteiger charge is 2.65. The summed E-state index contributed by atoms with van der Waals surface area (Å²) < 4.78 is 0. The van der Waals surface area contributed by atoms with Crippen molar-refractivity contribution in [3.63, 3.8) is 0 Å². The normalized spacial score (nSPS) is 39.2. The summed E-state index contributed by atoms with van der Waals surface area (Å²) in [6.07, 6.45) is 0. The molecule has 2 saturated heterocycles. The number of hydrogen-bond acceptors (Lipinski definition) is 4. The Morgan fingerprint density at radius 3 is 3.08 bits per heavy atom. The summed E-state index contributed by atoms with van der Waals surface area (Å²) in [5.41, 5.74) is 3.81. The summed E-state index contributed by atoms with van der Waals surface area (Å²) in [4.78, 5) is 23.4. The van der Waals surface area contributed by atoms with Gasteiger partial charge in [0.2, 0.25) is 5.54 Å². The second-order valence-corrected chi connectivity index (χ2v) is 4.08. The zero-order valence-electron chi connectivity index (χ0n) is 6.19. The SMILES string of the molecule is NC1(C(=O)O)C(=O)N2CCS[C@H]21. The molecule has 0 saturated carbocycles. The number of aliphatic carboxylic acids is 1.